The second-order valence-corrected chi connectivity index (χ2v) is 8.45. The van der Waals surface area contributed by atoms with E-state index in [0.717, 1.165) is 11.0 Å². The van der Waals surface area contributed by atoms with Crippen LogP contribution in [-0.2, 0) is 22.6 Å². The van der Waals surface area contributed by atoms with Gasteiger partial charge in [-0.05, 0) is 49.6 Å². The average Bonchev–Trinajstić information content (AvgIpc) is 2.87. The van der Waals surface area contributed by atoms with Gasteiger partial charge in [0, 0.05) is 31.9 Å². The van der Waals surface area contributed by atoms with Gasteiger partial charge in [-0.15, -0.1) is 0 Å². The maximum atomic E-state index is 13.3. The highest BCUT2D eigenvalue weighted by Gasteiger charge is 2.16. The van der Waals surface area contributed by atoms with E-state index in [2.05, 4.69) is 10.6 Å². The monoisotopic (exact) mass is 480 g/mol. The number of nitrogens with zero attached hydrogens (tertiary/aromatic N) is 2. The number of rotatable bonds is 11. The summed E-state index contributed by atoms with van der Waals surface area (Å²) in [5, 5.41) is 6.04. The Morgan fingerprint density at radius 3 is 2.43 bits per heavy atom. The third-order valence-electron chi connectivity index (χ3n) is 5.82. The molecule has 0 bridgehead atoms. The molecular weight excluding hydrogens is 448 g/mol. The second kappa shape index (κ2) is 12.1. The summed E-state index contributed by atoms with van der Waals surface area (Å²) in [6.45, 7) is 4.76. The van der Waals surface area contributed by atoms with Gasteiger partial charge in [0.25, 0.3) is 11.5 Å². The number of para-hydroxylation sites is 1. The minimum absolute atomic E-state index is 0.0191. The molecular formula is C26H32N4O5. The van der Waals surface area contributed by atoms with Gasteiger partial charge in [0.1, 0.15) is 6.54 Å². The molecule has 1 atom stereocenters. The third-order valence-corrected chi connectivity index (χ3v) is 5.82. The number of fused-ring (bicyclic) bond motifs is 1. The second-order valence-electron chi connectivity index (χ2n) is 8.45. The standard InChI is InChI=1S/C26H32N4O5/c1-4-18(2)28-23(31)17-29-22-9-6-5-8-21(22)25(33)30(26(29)34)16-19-10-12-20(13-11-19)24(32)27-14-7-15-35-3/h5-6,8-13,18H,4,7,14-17H2,1-3H3,(H,27,32)(H,28,31)/t18-/m1/s1. The van der Waals surface area contributed by atoms with E-state index >= 15 is 0 Å². The van der Waals surface area contributed by atoms with Crippen molar-refractivity contribution in [2.24, 2.45) is 0 Å². The molecule has 0 saturated carbocycles. The Hall–Kier alpha value is -3.72. The van der Waals surface area contributed by atoms with Crippen molar-refractivity contribution in [3.63, 3.8) is 0 Å². The highest BCUT2D eigenvalue weighted by Crippen LogP contribution is 2.10. The van der Waals surface area contributed by atoms with Gasteiger partial charge in [-0.3, -0.25) is 23.5 Å². The minimum Gasteiger partial charge on any atom is -0.385 e. The molecule has 0 radical (unpaired) electrons. The van der Waals surface area contributed by atoms with Gasteiger partial charge in [-0.25, -0.2) is 4.79 Å². The van der Waals surface area contributed by atoms with Gasteiger partial charge >= 0.3 is 5.69 Å². The Bertz CT molecular complexity index is 1290. The molecule has 0 fully saturated rings. The first-order chi connectivity index (χ1) is 16.8. The Morgan fingerprint density at radius 1 is 1.03 bits per heavy atom. The molecule has 1 aromatic heterocycles. The summed E-state index contributed by atoms with van der Waals surface area (Å²) in [6, 6.07) is 13.5. The summed E-state index contributed by atoms with van der Waals surface area (Å²) >= 11 is 0. The first kappa shape index (κ1) is 25.9. The van der Waals surface area contributed by atoms with E-state index in [1.165, 1.54) is 4.57 Å². The van der Waals surface area contributed by atoms with Crippen molar-refractivity contribution in [2.75, 3.05) is 20.3 Å². The van der Waals surface area contributed by atoms with Crippen molar-refractivity contribution in [1.29, 1.82) is 0 Å². The number of aromatic nitrogens is 2. The number of methoxy groups -OCH3 is 1. The molecule has 3 rings (SSSR count). The van der Waals surface area contributed by atoms with Crippen molar-refractivity contribution in [2.45, 2.75) is 45.8 Å². The van der Waals surface area contributed by atoms with Gasteiger partial charge < -0.3 is 15.4 Å². The van der Waals surface area contributed by atoms with Crippen molar-refractivity contribution < 1.29 is 14.3 Å². The Labute approximate surface area is 203 Å². The lowest BCUT2D eigenvalue weighted by molar-refractivity contribution is -0.122. The molecule has 186 valence electrons. The van der Waals surface area contributed by atoms with Crippen LogP contribution in [0.1, 0.15) is 42.6 Å². The van der Waals surface area contributed by atoms with E-state index in [0.29, 0.717) is 41.6 Å². The van der Waals surface area contributed by atoms with Gasteiger partial charge in [-0.1, -0.05) is 31.2 Å². The van der Waals surface area contributed by atoms with Crippen molar-refractivity contribution in [1.82, 2.24) is 19.8 Å². The van der Waals surface area contributed by atoms with Crippen LogP contribution in [0.15, 0.2) is 58.1 Å². The number of benzene rings is 2. The van der Waals surface area contributed by atoms with E-state index in [9.17, 15) is 19.2 Å². The van der Waals surface area contributed by atoms with Crippen LogP contribution < -0.4 is 21.9 Å². The molecule has 0 unspecified atom stereocenters. The lowest BCUT2D eigenvalue weighted by Crippen LogP contribution is -2.43. The lowest BCUT2D eigenvalue weighted by atomic mass is 10.1. The Morgan fingerprint density at radius 2 is 1.74 bits per heavy atom. The molecule has 0 saturated heterocycles. The highest BCUT2D eigenvalue weighted by atomic mass is 16.5. The first-order valence-electron chi connectivity index (χ1n) is 11.7. The smallest absolute Gasteiger partial charge is 0.332 e. The highest BCUT2D eigenvalue weighted by molar-refractivity contribution is 5.94. The molecule has 9 nitrogen and oxygen atoms in total. The maximum absolute atomic E-state index is 13.3. The largest absolute Gasteiger partial charge is 0.385 e. The number of carbonyl (C=O) groups is 2. The fourth-order valence-electron chi connectivity index (χ4n) is 3.69. The zero-order chi connectivity index (χ0) is 25.4. The van der Waals surface area contributed by atoms with Crippen molar-refractivity contribution >= 4 is 22.7 Å². The number of carbonyl (C=O) groups excluding carboxylic acids is 2. The predicted octanol–water partition coefficient (Wildman–Crippen LogP) is 1.89. The summed E-state index contributed by atoms with van der Waals surface area (Å²) in [6.07, 6.45) is 1.48. The predicted molar refractivity (Wildman–Crippen MR) is 135 cm³/mol. The van der Waals surface area contributed by atoms with Crippen LogP contribution in [0.2, 0.25) is 0 Å². The van der Waals surface area contributed by atoms with Crippen LogP contribution in [0.5, 0.6) is 0 Å². The zero-order valence-electron chi connectivity index (χ0n) is 20.4. The van der Waals surface area contributed by atoms with Crippen LogP contribution >= 0.6 is 0 Å². The molecule has 35 heavy (non-hydrogen) atoms. The molecule has 1 heterocycles. The van der Waals surface area contributed by atoms with E-state index in [1.807, 2.05) is 13.8 Å². The normalized spacial score (nSPS) is 11.9. The van der Waals surface area contributed by atoms with Crippen molar-refractivity contribution in [3.8, 4) is 0 Å². The summed E-state index contributed by atoms with van der Waals surface area (Å²) in [4.78, 5) is 51.3. The van der Waals surface area contributed by atoms with Gasteiger partial charge in [0.15, 0.2) is 0 Å². The van der Waals surface area contributed by atoms with Crippen LogP contribution in [0.25, 0.3) is 10.9 Å². The third kappa shape index (κ3) is 6.45. The summed E-state index contributed by atoms with van der Waals surface area (Å²) in [5.41, 5.74) is 0.595. The molecule has 9 heteroatoms. The van der Waals surface area contributed by atoms with E-state index < -0.39 is 11.2 Å². The number of ether oxygens (including phenoxy) is 1. The van der Waals surface area contributed by atoms with Gasteiger partial charge in [-0.2, -0.15) is 0 Å². The van der Waals surface area contributed by atoms with Crippen LogP contribution in [0, 0.1) is 0 Å². The van der Waals surface area contributed by atoms with E-state index in [4.69, 9.17) is 4.74 Å². The van der Waals surface area contributed by atoms with Crippen molar-refractivity contribution in [3.05, 3.63) is 80.5 Å². The summed E-state index contributed by atoms with van der Waals surface area (Å²) in [5.74, 6) is -0.497. The fraction of sp³-hybridized carbons (Fsp3) is 0.385. The quantitative estimate of drug-likeness (QED) is 0.407. The average molecular weight is 481 g/mol. The number of hydrogen-bond donors (Lipinski definition) is 2. The summed E-state index contributed by atoms with van der Waals surface area (Å²) in [7, 11) is 1.61. The van der Waals surface area contributed by atoms with Crippen LogP contribution in [0.4, 0.5) is 0 Å². The molecule has 2 amide bonds. The minimum atomic E-state index is -0.562. The van der Waals surface area contributed by atoms with Crippen LogP contribution in [0.3, 0.4) is 0 Å². The molecule has 2 aromatic carbocycles. The number of nitrogens with one attached hydrogen (secondary N) is 2. The SMILES string of the molecule is CC[C@@H](C)NC(=O)Cn1c(=O)n(Cc2ccc(C(=O)NCCCOC)cc2)c(=O)c2ccccc21. The van der Waals surface area contributed by atoms with E-state index in [-0.39, 0.29) is 30.9 Å². The zero-order valence-corrected chi connectivity index (χ0v) is 20.4. The van der Waals surface area contributed by atoms with E-state index in [1.54, 1.807) is 55.6 Å². The Balaban J connectivity index is 1.88. The fourth-order valence-corrected chi connectivity index (χ4v) is 3.69. The number of amides is 2. The molecule has 0 spiro atoms. The summed E-state index contributed by atoms with van der Waals surface area (Å²) < 4.78 is 7.42. The molecule has 0 aliphatic carbocycles. The number of hydrogen-bond acceptors (Lipinski definition) is 5. The topological polar surface area (TPSA) is 111 Å². The van der Waals surface area contributed by atoms with Crippen LogP contribution in [-0.4, -0.2) is 47.3 Å². The van der Waals surface area contributed by atoms with Gasteiger partial charge in [0.05, 0.1) is 17.4 Å². The molecule has 0 aliphatic heterocycles. The molecule has 0 aliphatic rings. The lowest BCUT2D eigenvalue weighted by Gasteiger charge is -2.16. The first-order valence-corrected chi connectivity index (χ1v) is 11.7. The Kier molecular flexibility index (Phi) is 8.97. The maximum Gasteiger partial charge on any atom is 0.332 e. The van der Waals surface area contributed by atoms with Gasteiger partial charge in [0.2, 0.25) is 5.91 Å². The molecule has 2 N–H and O–H groups in total. The molecule has 3 aromatic rings.